The zero-order valence-electron chi connectivity index (χ0n) is 12.9. The maximum atomic E-state index is 12.1. The molecule has 3 rings (SSSR count). The predicted molar refractivity (Wildman–Crippen MR) is 86.8 cm³/mol. The van der Waals surface area contributed by atoms with Crippen molar-refractivity contribution in [1.29, 1.82) is 0 Å². The van der Waals surface area contributed by atoms with Crippen molar-refractivity contribution in [2.45, 2.75) is 25.9 Å². The Bertz CT molecular complexity index is 671. The molecule has 1 fully saturated rings. The summed E-state index contributed by atoms with van der Waals surface area (Å²) in [5, 5.41) is 19.1. The van der Waals surface area contributed by atoms with Crippen LogP contribution < -0.4 is 10.6 Å². The number of carbonyl (C=O) groups excluding carboxylic acids is 1. The lowest BCUT2D eigenvalue weighted by atomic mass is 9.95. The van der Waals surface area contributed by atoms with Gasteiger partial charge in [-0.25, -0.2) is 0 Å². The zero-order chi connectivity index (χ0) is 16.2. The molecule has 2 heterocycles. The van der Waals surface area contributed by atoms with E-state index in [1.807, 2.05) is 12.1 Å². The molecule has 1 aliphatic heterocycles. The summed E-state index contributed by atoms with van der Waals surface area (Å²) in [6.07, 6.45) is 1.06. The number of halogens is 1. The molecule has 2 atom stereocenters. The SMILES string of the molecule is CC1CCNCC1NC(=O)Cn1nnc(-c2ccc(Cl)cc2)n1. The van der Waals surface area contributed by atoms with E-state index in [1.54, 1.807) is 12.1 Å². The molecule has 7 nitrogen and oxygen atoms in total. The molecule has 8 heteroatoms. The minimum absolute atomic E-state index is 0.0593. The van der Waals surface area contributed by atoms with Gasteiger partial charge in [0.25, 0.3) is 0 Å². The molecule has 0 spiro atoms. The van der Waals surface area contributed by atoms with Crippen LogP contribution in [0.4, 0.5) is 0 Å². The third-order valence-corrected chi connectivity index (χ3v) is 4.27. The van der Waals surface area contributed by atoms with Crippen molar-refractivity contribution < 1.29 is 4.79 Å². The van der Waals surface area contributed by atoms with Gasteiger partial charge in [-0.2, -0.15) is 4.80 Å². The molecule has 23 heavy (non-hydrogen) atoms. The van der Waals surface area contributed by atoms with Crippen LogP contribution in [-0.2, 0) is 11.3 Å². The highest BCUT2D eigenvalue weighted by atomic mass is 35.5. The van der Waals surface area contributed by atoms with Gasteiger partial charge in [0.15, 0.2) is 0 Å². The normalized spacial score (nSPS) is 21.1. The number of hydrogen-bond donors (Lipinski definition) is 2. The van der Waals surface area contributed by atoms with Crippen LogP contribution in [0.5, 0.6) is 0 Å². The van der Waals surface area contributed by atoms with Gasteiger partial charge in [-0.05, 0) is 48.4 Å². The molecular formula is C15H19ClN6O. The molecule has 2 aromatic rings. The molecule has 1 aromatic heterocycles. The summed E-state index contributed by atoms with van der Waals surface area (Å²) >= 11 is 5.86. The third-order valence-electron chi connectivity index (χ3n) is 4.01. The van der Waals surface area contributed by atoms with Gasteiger partial charge in [0.2, 0.25) is 11.7 Å². The van der Waals surface area contributed by atoms with Crippen LogP contribution in [-0.4, -0.2) is 45.2 Å². The van der Waals surface area contributed by atoms with Crippen molar-refractivity contribution in [1.82, 2.24) is 30.8 Å². The number of carbonyl (C=O) groups is 1. The fourth-order valence-electron chi connectivity index (χ4n) is 2.59. The van der Waals surface area contributed by atoms with Crippen LogP contribution in [0.1, 0.15) is 13.3 Å². The molecule has 0 aliphatic carbocycles. The topological polar surface area (TPSA) is 84.7 Å². The highest BCUT2D eigenvalue weighted by Crippen LogP contribution is 2.17. The van der Waals surface area contributed by atoms with Gasteiger partial charge < -0.3 is 10.6 Å². The second kappa shape index (κ2) is 7.06. The number of amides is 1. The Morgan fingerprint density at radius 3 is 2.96 bits per heavy atom. The predicted octanol–water partition coefficient (Wildman–Crippen LogP) is 1.11. The van der Waals surface area contributed by atoms with Crippen LogP contribution in [0.3, 0.4) is 0 Å². The van der Waals surface area contributed by atoms with E-state index in [2.05, 4.69) is 33.0 Å². The summed E-state index contributed by atoms with van der Waals surface area (Å²) in [4.78, 5) is 13.4. The molecule has 1 saturated heterocycles. The van der Waals surface area contributed by atoms with Crippen molar-refractivity contribution >= 4 is 17.5 Å². The number of hydrogen-bond acceptors (Lipinski definition) is 5. The van der Waals surface area contributed by atoms with Crippen LogP contribution in [0, 0.1) is 5.92 Å². The van der Waals surface area contributed by atoms with Gasteiger partial charge in [0.1, 0.15) is 6.54 Å². The lowest BCUT2D eigenvalue weighted by molar-refractivity contribution is -0.123. The Morgan fingerprint density at radius 1 is 1.43 bits per heavy atom. The summed E-state index contributed by atoms with van der Waals surface area (Å²) in [6, 6.07) is 7.32. The molecule has 0 radical (unpaired) electrons. The highest BCUT2D eigenvalue weighted by molar-refractivity contribution is 6.30. The average Bonchev–Trinajstić information content (AvgIpc) is 2.98. The first-order valence-corrected chi connectivity index (χ1v) is 8.03. The molecule has 2 N–H and O–H groups in total. The second-order valence-electron chi connectivity index (χ2n) is 5.79. The van der Waals surface area contributed by atoms with Gasteiger partial charge in [0, 0.05) is 23.2 Å². The summed E-state index contributed by atoms with van der Waals surface area (Å²) in [7, 11) is 0. The van der Waals surface area contributed by atoms with Gasteiger partial charge in [0.05, 0.1) is 0 Å². The number of tetrazole rings is 1. The van der Waals surface area contributed by atoms with Crippen LogP contribution >= 0.6 is 11.6 Å². The van der Waals surface area contributed by atoms with E-state index in [9.17, 15) is 4.79 Å². The Kier molecular flexibility index (Phi) is 4.88. The van der Waals surface area contributed by atoms with E-state index in [0.29, 0.717) is 16.8 Å². The fourth-order valence-corrected chi connectivity index (χ4v) is 2.71. The number of benzene rings is 1. The summed E-state index contributed by atoms with van der Waals surface area (Å²) in [5.74, 6) is 0.835. The maximum absolute atomic E-state index is 12.1. The molecule has 1 aliphatic rings. The minimum Gasteiger partial charge on any atom is -0.350 e. The summed E-state index contributed by atoms with van der Waals surface area (Å²) < 4.78 is 0. The van der Waals surface area contributed by atoms with E-state index in [0.717, 1.165) is 25.1 Å². The molecule has 0 bridgehead atoms. The largest absolute Gasteiger partial charge is 0.350 e. The van der Waals surface area contributed by atoms with Gasteiger partial charge in [-0.3, -0.25) is 4.79 Å². The molecule has 0 saturated carbocycles. The van der Waals surface area contributed by atoms with Gasteiger partial charge >= 0.3 is 0 Å². The van der Waals surface area contributed by atoms with Crippen molar-refractivity contribution in [3.05, 3.63) is 29.3 Å². The first kappa shape index (κ1) is 15.9. The van der Waals surface area contributed by atoms with E-state index in [4.69, 9.17) is 11.6 Å². The lowest BCUT2D eigenvalue weighted by Gasteiger charge is -2.30. The standard InChI is InChI=1S/C15H19ClN6O/c1-10-6-7-17-8-13(10)18-14(23)9-22-20-15(19-21-22)11-2-4-12(16)5-3-11/h2-5,10,13,17H,6-9H2,1H3,(H,18,23). The van der Waals surface area contributed by atoms with Crippen molar-refractivity contribution in [2.75, 3.05) is 13.1 Å². The number of nitrogens with one attached hydrogen (secondary N) is 2. The van der Waals surface area contributed by atoms with Gasteiger partial charge in [-0.1, -0.05) is 18.5 Å². The third kappa shape index (κ3) is 4.05. The molecule has 1 amide bonds. The molecule has 2 unspecified atom stereocenters. The van der Waals surface area contributed by atoms with E-state index < -0.39 is 0 Å². The Balaban J connectivity index is 1.60. The number of nitrogens with zero attached hydrogens (tertiary/aromatic N) is 4. The smallest absolute Gasteiger partial charge is 0.243 e. The second-order valence-corrected chi connectivity index (χ2v) is 6.23. The summed E-state index contributed by atoms with van der Waals surface area (Å²) in [5.41, 5.74) is 0.811. The Hall–Kier alpha value is -1.99. The number of rotatable bonds is 4. The zero-order valence-corrected chi connectivity index (χ0v) is 13.6. The van der Waals surface area contributed by atoms with E-state index >= 15 is 0 Å². The highest BCUT2D eigenvalue weighted by Gasteiger charge is 2.22. The monoisotopic (exact) mass is 334 g/mol. The van der Waals surface area contributed by atoms with E-state index in [-0.39, 0.29) is 18.5 Å². The maximum Gasteiger partial charge on any atom is 0.243 e. The minimum atomic E-state index is -0.106. The first-order chi connectivity index (χ1) is 11.1. The fraction of sp³-hybridized carbons (Fsp3) is 0.467. The van der Waals surface area contributed by atoms with Crippen molar-refractivity contribution in [3.8, 4) is 11.4 Å². The molecule has 1 aromatic carbocycles. The van der Waals surface area contributed by atoms with Crippen LogP contribution in [0.25, 0.3) is 11.4 Å². The number of piperidine rings is 1. The Labute approximate surface area is 139 Å². The summed E-state index contributed by atoms with van der Waals surface area (Å²) in [6.45, 7) is 4.01. The average molecular weight is 335 g/mol. The van der Waals surface area contributed by atoms with Crippen molar-refractivity contribution in [3.63, 3.8) is 0 Å². The van der Waals surface area contributed by atoms with Crippen molar-refractivity contribution in [2.24, 2.45) is 5.92 Å². The van der Waals surface area contributed by atoms with E-state index in [1.165, 1.54) is 4.80 Å². The molecule has 122 valence electrons. The quantitative estimate of drug-likeness (QED) is 0.875. The Morgan fingerprint density at radius 2 is 2.22 bits per heavy atom. The lowest BCUT2D eigenvalue weighted by Crippen LogP contribution is -2.51. The first-order valence-electron chi connectivity index (χ1n) is 7.65. The van der Waals surface area contributed by atoms with Crippen LogP contribution in [0.2, 0.25) is 5.02 Å². The van der Waals surface area contributed by atoms with Crippen LogP contribution in [0.15, 0.2) is 24.3 Å². The van der Waals surface area contributed by atoms with Gasteiger partial charge in [-0.15, -0.1) is 10.2 Å². The number of aromatic nitrogens is 4. The molecular weight excluding hydrogens is 316 g/mol.